The van der Waals surface area contributed by atoms with E-state index in [1.807, 2.05) is 18.8 Å². The Kier molecular flexibility index (Phi) is 3.18. The fraction of sp³-hybridized carbons (Fsp3) is 0.556. The highest BCUT2D eigenvalue weighted by molar-refractivity contribution is 8.07. The smallest absolute Gasteiger partial charge is 0.194 e. The van der Waals surface area contributed by atoms with E-state index in [2.05, 4.69) is 5.10 Å². The maximum atomic E-state index is 12.0. The highest BCUT2D eigenvalue weighted by atomic mass is 32.2. The molecule has 0 radical (unpaired) electrons. The lowest BCUT2D eigenvalue weighted by Crippen LogP contribution is -2.26. The van der Waals surface area contributed by atoms with Crippen LogP contribution in [0.25, 0.3) is 0 Å². The van der Waals surface area contributed by atoms with E-state index in [4.69, 9.17) is 0 Å². The van der Waals surface area contributed by atoms with Crippen LogP contribution < -0.4 is 0 Å². The van der Waals surface area contributed by atoms with E-state index in [0.29, 0.717) is 0 Å². The van der Waals surface area contributed by atoms with Gasteiger partial charge in [0.15, 0.2) is 5.78 Å². The standard InChI is InChI=1S/C9H12N2OS2/c1-11-7(2-3-10-11)9(12)8-6-13-4-5-14-8/h2-3,8H,4-6H2,1H3. The minimum absolute atomic E-state index is 0.129. The SMILES string of the molecule is Cn1nccc1C(=O)C1CSCCS1. The Morgan fingerprint density at radius 2 is 2.50 bits per heavy atom. The topological polar surface area (TPSA) is 34.9 Å². The van der Waals surface area contributed by atoms with Crippen molar-refractivity contribution in [2.75, 3.05) is 17.3 Å². The lowest BCUT2D eigenvalue weighted by atomic mass is 10.2. The predicted molar refractivity (Wildman–Crippen MR) is 61.1 cm³/mol. The van der Waals surface area contributed by atoms with Crippen molar-refractivity contribution in [3.8, 4) is 0 Å². The summed E-state index contributed by atoms with van der Waals surface area (Å²) in [7, 11) is 1.81. The van der Waals surface area contributed by atoms with E-state index in [9.17, 15) is 4.79 Å². The Morgan fingerprint density at radius 3 is 3.07 bits per heavy atom. The Bertz CT molecular complexity index is 331. The van der Waals surface area contributed by atoms with Crippen LogP contribution in [0.2, 0.25) is 0 Å². The van der Waals surface area contributed by atoms with Gasteiger partial charge in [-0.05, 0) is 6.07 Å². The molecule has 0 aliphatic carbocycles. The van der Waals surface area contributed by atoms with Crippen molar-refractivity contribution in [2.45, 2.75) is 5.25 Å². The maximum absolute atomic E-state index is 12.0. The van der Waals surface area contributed by atoms with Crippen molar-refractivity contribution >= 4 is 29.3 Å². The molecule has 0 bridgehead atoms. The minimum Gasteiger partial charge on any atom is -0.291 e. The summed E-state index contributed by atoms with van der Waals surface area (Å²) in [6.45, 7) is 0. The summed E-state index contributed by atoms with van der Waals surface area (Å²) in [5.74, 6) is 3.41. The van der Waals surface area contributed by atoms with Gasteiger partial charge in [-0.25, -0.2) is 0 Å². The number of nitrogens with zero attached hydrogens (tertiary/aromatic N) is 2. The molecule has 1 atom stereocenters. The third kappa shape index (κ3) is 1.98. The minimum atomic E-state index is 0.129. The first kappa shape index (κ1) is 10.1. The molecule has 1 aromatic rings. The van der Waals surface area contributed by atoms with E-state index < -0.39 is 0 Å². The number of hydrogen-bond acceptors (Lipinski definition) is 4. The van der Waals surface area contributed by atoms with Crippen LogP contribution in [0.15, 0.2) is 12.3 Å². The van der Waals surface area contributed by atoms with E-state index in [1.54, 1.807) is 28.7 Å². The van der Waals surface area contributed by atoms with Gasteiger partial charge in [0.25, 0.3) is 0 Å². The highest BCUT2D eigenvalue weighted by Crippen LogP contribution is 2.26. The molecule has 1 unspecified atom stereocenters. The summed E-state index contributed by atoms with van der Waals surface area (Å²) in [5.41, 5.74) is 0.727. The fourth-order valence-corrected chi connectivity index (χ4v) is 4.04. The summed E-state index contributed by atoms with van der Waals surface area (Å²) in [6.07, 6.45) is 1.67. The summed E-state index contributed by atoms with van der Waals surface area (Å²) < 4.78 is 1.65. The fourth-order valence-electron chi connectivity index (χ4n) is 1.42. The number of rotatable bonds is 2. The third-order valence-electron chi connectivity index (χ3n) is 2.18. The van der Waals surface area contributed by atoms with Crippen LogP contribution in [0, 0.1) is 0 Å². The highest BCUT2D eigenvalue weighted by Gasteiger charge is 2.24. The summed E-state index contributed by atoms with van der Waals surface area (Å²) in [6, 6.07) is 1.79. The maximum Gasteiger partial charge on any atom is 0.194 e. The second-order valence-electron chi connectivity index (χ2n) is 3.14. The number of aryl methyl sites for hydroxylation is 1. The van der Waals surface area contributed by atoms with Gasteiger partial charge >= 0.3 is 0 Å². The number of aromatic nitrogens is 2. The number of Topliss-reactive ketones (excluding diaryl/α,β-unsaturated/α-hetero) is 1. The molecule has 0 saturated carbocycles. The van der Waals surface area contributed by atoms with Crippen LogP contribution in [-0.2, 0) is 7.05 Å². The van der Waals surface area contributed by atoms with Gasteiger partial charge in [0.2, 0.25) is 0 Å². The molecular formula is C9H12N2OS2. The first-order valence-electron chi connectivity index (χ1n) is 4.50. The first-order valence-corrected chi connectivity index (χ1v) is 6.71. The molecule has 0 amide bonds. The van der Waals surface area contributed by atoms with E-state index in [-0.39, 0.29) is 11.0 Å². The van der Waals surface area contributed by atoms with Gasteiger partial charge < -0.3 is 0 Å². The molecule has 2 heterocycles. The van der Waals surface area contributed by atoms with E-state index in [1.165, 1.54) is 5.75 Å². The summed E-state index contributed by atoms with van der Waals surface area (Å²) in [4.78, 5) is 12.0. The van der Waals surface area contributed by atoms with Gasteiger partial charge in [0, 0.05) is 30.5 Å². The molecule has 1 fully saturated rings. The molecule has 3 nitrogen and oxygen atoms in total. The number of carbonyl (C=O) groups excluding carboxylic acids is 1. The molecule has 1 aliphatic heterocycles. The Hall–Kier alpha value is -0.420. The average Bonchev–Trinajstić information content (AvgIpc) is 2.65. The second-order valence-corrected chi connectivity index (χ2v) is 5.60. The monoisotopic (exact) mass is 228 g/mol. The molecule has 14 heavy (non-hydrogen) atoms. The van der Waals surface area contributed by atoms with Crippen molar-refractivity contribution < 1.29 is 4.79 Å². The Labute approximate surface area is 91.6 Å². The zero-order valence-electron chi connectivity index (χ0n) is 7.97. The molecule has 0 spiro atoms. The van der Waals surface area contributed by atoms with Crippen LogP contribution in [0.5, 0.6) is 0 Å². The molecule has 0 aromatic carbocycles. The zero-order valence-corrected chi connectivity index (χ0v) is 9.61. The molecule has 1 saturated heterocycles. The van der Waals surface area contributed by atoms with Crippen LogP contribution in [0.1, 0.15) is 10.5 Å². The number of ketones is 1. The van der Waals surface area contributed by atoms with Crippen molar-refractivity contribution in [2.24, 2.45) is 7.05 Å². The molecule has 0 N–H and O–H groups in total. The van der Waals surface area contributed by atoms with E-state index in [0.717, 1.165) is 17.2 Å². The van der Waals surface area contributed by atoms with Crippen LogP contribution >= 0.6 is 23.5 Å². The Morgan fingerprint density at radius 1 is 1.64 bits per heavy atom. The molecule has 2 rings (SSSR count). The molecular weight excluding hydrogens is 216 g/mol. The summed E-state index contributed by atoms with van der Waals surface area (Å²) >= 11 is 3.63. The number of thioether (sulfide) groups is 2. The van der Waals surface area contributed by atoms with Gasteiger partial charge in [-0.15, -0.1) is 11.8 Å². The average molecular weight is 228 g/mol. The van der Waals surface area contributed by atoms with Crippen molar-refractivity contribution in [1.29, 1.82) is 0 Å². The van der Waals surface area contributed by atoms with Crippen molar-refractivity contribution in [3.05, 3.63) is 18.0 Å². The predicted octanol–water partition coefficient (Wildman–Crippen LogP) is 1.45. The van der Waals surface area contributed by atoms with Gasteiger partial charge in [-0.3, -0.25) is 9.48 Å². The van der Waals surface area contributed by atoms with Gasteiger partial charge in [-0.1, -0.05) is 0 Å². The zero-order chi connectivity index (χ0) is 9.97. The van der Waals surface area contributed by atoms with Gasteiger partial charge in [0.05, 0.1) is 5.25 Å². The van der Waals surface area contributed by atoms with Gasteiger partial charge in [0.1, 0.15) is 5.69 Å². The molecule has 1 aliphatic rings. The number of hydrogen-bond donors (Lipinski definition) is 0. The van der Waals surface area contributed by atoms with Crippen molar-refractivity contribution in [1.82, 2.24) is 9.78 Å². The lowest BCUT2D eigenvalue weighted by molar-refractivity contribution is 0.0986. The third-order valence-corrected chi connectivity index (χ3v) is 4.94. The van der Waals surface area contributed by atoms with E-state index >= 15 is 0 Å². The second kappa shape index (κ2) is 4.40. The lowest BCUT2D eigenvalue weighted by Gasteiger charge is -2.19. The van der Waals surface area contributed by atoms with Crippen LogP contribution in [0.4, 0.5) is 0 Å². The quantitative estimate of drug-likeness (QED) is 0.718. The van der Waals surface area contributed by atoms with Crippen LogP contribution in [0.3, 0.4) is 0 Å². The molecule has 5 heteroatoms. The summed E-state index contributed by atoms with van der Waals surface area (Å²) in [5, 5.41) is 4.14. The van der Waals surface area contributed by atoms with Crippen LogP contribution in [-0.4, -0.2) is 38.1 Å². The van der Waals surface area contributed by atoms with Crippen molar-refractivity contribution in [3.63, 3.8) is 0 Å². The normalized spacial score (nSPS) is 22.2. The van der Waals surface area contributed by atoms with Gasteiger partial charge in [-0.2, -0.15) is 16.9 Å². The Balaban J connectivity index is 2.11. The largest absolute Gasteiger partial charge is 0.291 e. The first-order chi connectivity index (χ1) is 6.79. The number of carbonyl (C=O) groups is 1. The molecule has 76 valence electrons. The molecule has 1 aromatic heterocycles.